The predicted octanol–water partition coefficient (Wildman–Crippen LogP) is 3.44. The Hall–Kier alpha value is -0.680. The normalized spacial score (nSPS) is 21.8. The van der Waals surface area contributed by atoms with Crippen molar-refractivity contribution in [1.82, 2.24) is 4.31 Å². The molecule has 1 aromatic carbocycles. The molecule has 1 saturated heterocycles. The number of imide groups is 1. The second kappa shape index (κ2) is 9.64. The van der Waals surface area contributed by atoms with E-state index < -0.39 is 18.5 Å². The maximum atomic E-state index is 12.1. The number of alkyl halides is 4. The van der Waals surface area contributed by atoms with Crippen molar-refractivity contribution >= 4 is 85.9 Å². The molecule has 1 aliphatic carbocycles. The molecule has 0 radical (unpaired) electrons. The molecule has 0 saturated carbocycles. The van der Waals surface area contributed by atoms with Gasteiger partial charge < -0.3 is 5.73 Å². The molecular weight excluding hydrogens is 504 g/mol. The fraction of sp³-hybridized carbons (Fsp3) is 0.375. The molecule has 3 rings (SSSR count). The molecule has 4 N–H and O–H groups in total. The summed E-state index contributed by atoms with van der Waals surface area (Å²) in [4.78, 5) is 23.2. The number of primary sulfonamides is 1. The van der Waals surface area contributed by atoms with Gasteiger partial charge in [0.25, 0.3) is 0 Å². The number of halogens is 4. The molecular formula is C16H17Cl4N3O4S2. The number of carbonyl (C=O) groups excluding carboxylic acids is 2. The molecule has 2 unspecified atom stereocenters. The molecule has 2 atom stereocenters. The van der Waals surface area contributed by atoms with Crippen LogP contribution in [0.2, 0.25) is 0 Å². The van der Waals surface area contributed by atoms with Gasteiger partial charge in [0.1, 0.15) is 0 Å². The number of hydrogen-bond donors (Lipinski definition) is 2. The van der Waals surface area contributed by atoms with Crippen LogP contribution in [-0.2, 0) is 19.6 Å². The summed E-state index contributed by atoms with van der Waals surface area (Å²) in [7, 11) is -3.58. The minimum Gasteiger partial charge on any atom is -0.399 e. The van der Waals surface area contributed by atoms with Crippen LogP contribution >= 0.6 is 58.4 Å². The van der Waals surface area contributed by atoms with E-state index >= 15 is 0 Å². The van der Waals surface area contributed by atoms with Crippen LogP contribution in [0.5, 0.6) is 0 Å². The highest BCUT2D eigenvalue weighted by atomic mass is 35.5. The van der Waals surface area contributed by atoms with Crippen molar-refractivity contribution in [3.05, 3.63) is 36.4 Å². The molecule has 1 fully saturated rings. The van der Waals surface area contributed by atoms with E-state index in [4.69, 9.17) is 57.3 Å². The maximum absolute atomic E-state index is 12.1. The lowest BCUT2D eigenvalue weighted by atomic mass is 9.85. The number of allylic oxidation sites excluding steroid dienone is 2. The highest BCUT2D eigenvalue weighted by Crippen LogP contribution is 2.48. The number of carbonyl (C=O) groups is 2. The Kier molecular flexibility index (Phi) is 8.17. The van der Waals surface area contributed by atoms with Gasteiger partial charge in [-0.05, 0) is 37.1 Å². The number of amides is 2. The fourth-order valence-electron chi connectivity index (χ4n) is 2.68. The number of fused-ring (bicyclic) bond motifs is 1. The molecule has 0 aromatic heterocycles. The van der Waals surface area contributed by atoms with Crippen LogP contribution in [0, 0.1) is 11.8 Å². The third kappa shape index (κ3) is 6.16. The Morgan fingerprint density at radius 3 is 1.86 bits per heavy atom. The highest BCUT2D eigenvalue weighted by Gasteiger charge is 2.51. The summed E-state index contributed by atoms with van der Waals surface area (Å²) in [5.41, 5.74) is 5.85. The number of nitrogen functional groups attached to an aromatic ring is 1. The zero-order valence-electron chi connectivity index (χ0n) is 14.7. The van der Waals surface area contributed by atoms with Crippen LogP contribution in [0.4, 0.5) is 5.69 Å². The van der Waals surface area contributed by atoms with Gasteiger partial charge in [0.05, 0.1) is 16.7 Å². The molecule has 0 bridgehead atoms. The summed E-state index contributed by atoms with van der Waals surface area (Å²) >= 11 is 23.7. The first-order valence-corrected chi connectivity index (χ1v) is 12.1. The lowest BCUT2D eigenvalue weighted by Gasteiger charge is -2.24. The molecule has 7 nitrogen and oxygen atoms in total. The first-order chi connectivity index (χ1) is 13.3. The zero-order chi connectivity index (χ0) is 22.0. The molecule has 1 aliphatic heterocycles. The molecule has 2 aliphatic rings. The van der Waals surface area contributed by atoms with Crippen LogP contribution in [0.25, 0.3) is 0 Å². The molecule has 160 valence electrons. The number of rotatable bonds is 4. The first-order valence-electron chi connectivity index (χ1n) is 8.11. The third-order valence-corrected chi connectivity index (χ3v) is 8.30. The van der Waals surface area contributed by atoms with Gasteiger partial charge >= 0.3 is 0 Å². The van der Waals surface area contributed by atoms with Crippen molar-refractivity contribution in [2.75, 3.05) is 5.73 Å². The molecule has 13 heteroatoms. The molecule has 1 aromatic rings. The van der Waals surface area contributed by atoms with Crippen LogP contribution in [0.1, 0.15) is 12.8 Å². The van der Waals surface area contributed by atoms with E-state index in [1.165, 1.54) is 24.3 Å². The van der Waals surface area contributed by atoms with Gasteiger partial charge in [-0.1, -0.05) is 35.4 Å². The first kappa shape index (κ1) is 24.6. The minimum absolute atomic E-state index is 0.0756. The second-order valence-corrected chi connectivity index (χ2v) is 11.9. The summed E-state index contributed by atoms with van der Waals surface area (Å²) in [5.74, 6) is -1.19. The summed E-state index contributed by atoms with van der Waals surface area (Å²) in [6.45, 7) is 0. The molecule has 29 heavy (non-hydrogen) atoms. The van der Waals surface area contributed by atoms with Crippen LogP contribution in [0.3, 0.4) is 0 Å². The van der Waals surface area contributed by atoms with Crippen molar-refractivity contribution < 1.29 is 18.0 Å². The smallest absolute Gasteiger partial charge is 0.243 e. The number of anilines is 1. The van der Waals surface area contributed by atoms with Gasteiger partial charge in [-0.2, -0.15) is 0 Å². The van der Waals surface area contributed by atoms with Crippen LogP contribution in [-0.4, -0.2) is 33.0 Å². The van der Waals surface area contributed by atoms with E-state index in [2.05, 4.69) is 0 Å². The average molecular weight is 521 g/mol. The van der Waals surface area contributed by atoms with Crippen LogP contribution in [0.15, 0.2) is 41.3 Å². The van der Waals surface area contributed by atoms with Gasteiger partial charge in [0.15, 0.2) is 4.84 Å². The topological polar surface area (TPSA) is 124 Å². The van der Waals surface area contributed by atoms with E-state index in [0.717, 1.165) is 4.31 Å². The number of benzene rings is 1. The van der Waals surface area contributed by atoms with Gasteiger partial charge in [0, 0.05) is 17.6 Å². The Balaban J connectivity index is 0.000000234. The number of hydrogen-bond acceptors (Lipinski definition) is 6. The van der Waals surface area contributed by atoms with Crippen molar-refractivity contribution in [2.45, 2.75) is 26.2 Å². The van der Waals surface area contributed by atoms with E-state index in [9.17, 15) is 18.0 Å². The van der Waals surface area contributed by atoms with Gasteiger partial charge in [-0.25, -0.2) is 17.9 Å². The van der Waals surface area contributed by atoms with Gasteiger partial charge in [0.2, 0.25) is 25.5 Å². The average Bonchev–Trinajstić information content (AvgIpc) is 2.87. The second-order valence-electron chi connectivity index (χ2n) is 6.19. The SMILES string of the molecule is Nc1ccc(S(N)(=O)=O)cc1.O=C1C2CC=CCC2C(=O)N1SC(Cl)(Cl)C(Cl)Cl. The van der Waals surface area contributed by atoms with E-state index in [-0.39, 0.29) is 28.5 Å². The minimum atomic E-state index is -3.58. The maximum Gasteiger partial charge on any atom is 0.243 e. The fourth-order valence-corrected chi connectivity index (χ4v) is 4.62. The van der Waals surface area contributed by atoms with E-state index in [1.54, 1.807) is 0 Å². The van der Waals surface area contributed by atoms with E-state index in [0.29, 0.717) is 30.5 Å². The zero-order valence-corrected chi connectivity index (χ0v) is 19.3. The molecule has 0 spiro atoms. The monoisotopic (exact) mass is 519 g/mol. The Bertz CT molecular complexity index is 881. The number of sulfonamides is 1. The Morgan fingerprint density at radius 1 is 1.03 bits per heavy atom. The lowest BCUT2D eigenvalue weighted by molar-refractivity contribution is -0.133. The summed E-state index contributed by atoms with van der Waals surface area (Å²) in [6, 6.07) is 5.70. The predicted molar refractivity (Wildman–Crippen MR) is 117 cm³/mol. The van der Waals surface area contributed by atoms with Crippen molar-refractivity contribution in [3.8, 4) is 0 Å². The van der Waals surface area contributed by atoms with Crippen molar-refractivity contribution in [3.63, 3.8) is 0 Å². The molecule has 2 amide bonds. The summed E-state index contributed by atoms with van der Waals surface area (Å²) < 4.78 is 20.7. The van der Waals surface area contributed by atoms with Gasteiger partial charge in [-0.3, -0.25) is 9.59 Å². The van der Waals surface area contributed by atoms with Crippen LogP contribution < -0.4 is 10.9 Å². The third-order valence-electron chi connectivity index (χ3n) is 4.14. The largest absolute Gasteiger partial charge is 0.399 e. The molecule has 1 heterocycles. The Labute approximate surface area is 192 Å². The lowest BCUT2D eigenvalue weighted by Crippen LogP contribution is -2.31. The highest BCUT2D eigenvalue weighted by molar-refractivity contribution is 8.02. The number of nitrogens with zero attached hydrogens (tertiary/aromatic N) is 1. The summed E-state index contributed by atoms with van der Waals surface area (Å²) in [6.07, 6.45) is 4.94. The Morgan fingerprint density at radius 2 is 1.48 bits per heavy atom. The van der Waals surface area contributed by atoms with Gasteiger partial charge in [-0.15, -0.1) is 23.2 Å². The standard InChI is InChI=1S/C10H9Cl4NO2S.C6H8N2O2S/c11-9(12)10(13,14)18-15-7(16)5-3-1-2-4-6(5)8(15)17;7-5-1-3-6(4-2-5)11(8,9)10/h1-2,5-6,9H,3-4H2;1-4H,7H2,(H2,8,9,10). The van der Waals surface area contributed by atoms with Crippen molar-refractivity contribution in [1.29, 1.82) is 0 Å². The number of nitrogens with two attached hydrogens (primary N) is 2. The van der Waals surface area contributed by atoms with E-state index in [1.807, 2.05) is 12.2 Å². The quantitative estimate of drug-likeness (QED) is 0.206. The van der Waals surface area contributed by atoms with Crippen molar-refractivity contribution in [2.24, 2.45) is 17.0 Å². The summed E-state index contributed by atoms with van der Waals surface area (Å²) in [5, 5.41) is 4.84.